The van der Waals surface area contributed by atoms with Crippen LogP contribution in [-0.4, -0.2) is 9.13 Å². The molecule has 0 unspecified atom stereocenters. The van der Waals surface area contributed by atoms with E-state index >= 15 is 0 Å². The van der Waals surface area contributed by atoms with Crippen LogP contribution in [0.15, 0.2) is 146 Å². The Balaban J connectivity index is 1.18. The fourth-order valence-corrected chi connectivity index (χ4v) is 8.80. The lowest BCUT2D eigenvalue weighted by atomic mass is 10.0. The van der Waals surface area contributed by atoms with E-state index in [0.29, 0.717) is 11.3 Å². The van der Waals surface area contributed by atoms with E-state index in [4.69, 9.17) is 6.57 Å². The van der Waals surface area contributed by atoms with Gasteiger partial charge in [-0.3, -0.25) is 0 Å². The van der Waals surface area contributed by atoms with E-state index in [-0.39, 0.29) is 0 Å². The zero-order valence-corrected chi connectivity index (χ0v) is 26.9. The highest BCUT2D eigenvalue weighted by Gasteiger charge is 2.19. The van der Waals surface area contributed by atoms with Crippen LogP contribution < -0.4 is 0 Å². The van der Waals surface area contributed by atoms with Crippen LogP contribution in [0.4, 0.5) is 5.69 Å². The van der Waals surface area contributed by atoms with Crippen molar-refractivity contribution in [1.29, 1.82) is 5.26 Å². The summed E-state index contributed by atoms with van der Waals surface area (Å²) in [7, 11) is 0. The van der Waals surface area contributed by atoms with Gasteiger partial charge in [0.1, 0.15) is 0 Å². The standard InChI is InChI=1S/C44H24N4S/c1-46-30-17-21-42-38(25-30)36-19-18-35-33-12-2-5-15-40(33)48(43(35)44(36)49-42)32-11-7-9-29(24-32)28-8-6-10-31(23-28)47-39-14-4-3-13-34(39)37-22-27(26-45)16-20-41(37)47/h2-25H. The number of benzene rings is 7. The first-order chi connectivity index (χ1) is 24.2. The van der Waals surface area contributed by atoms with Gasteiger partial charge in [-0.1, -0.05) is 84.9 Å². The van der Waals surface area contributed by atoms with E-state index in [1.807, 2.05) is 24.3 Å². The first-order valence-electron chi connectivity index (χ1n) is 16.1. The molecule has 0 atom stereocenters. The number of hydrogen-bond acceptors (Lipinski definition) is 2. The number of para-hydroxylation sites is 2. The summed E-state index contributed by atoms with van der Waals surface area (Å²) in [6.45, 7) is 7.57. The predicted octanol–water partition coefficient (Wildman–Crippen LogP) is 12.3. The maximum atomic E-state index is 9.60. The molecule has 0 fully saturated rings. The van der Waals surface area contributed by atoms with Crippen LogP contribution in [0.3, 0.4) is 0 Å². The van der Waals surface area contributed by atoms with Crippen LogP contribution in [0, 0.1) is 17.9 Å². The smallest absolute Gasteiger partial charge is 0.187 e. The van der Waals surface area contributed by atoms with Gasteiger partial charge in [-0.15, -0.1) is 11.3 Å². The number of nitrogens with zero attached hydrogens (tertiary/aromatic N) is 4. The third-order valence-electron chi connectivity index (χ3n) is 9.73. The van der Waals surface area contributed by atoms with Gasteiger partial charge in [0.2, 0.25) is 0 Å². The van der Waals surface area contributed by atoms with Crippen LogP contribution in [-0.2, 0) is 0 Å². The molecule has 10 aromatic rings. The van der Waals surface area contributed by atoms with Crippen molar-refractivity contribution in [2.24, 2.45) is 0 Å². The second-order valence-electron chi connectivity index (χ2n) is 12.4. The molecule has 10 rings (SSSR count). The molecule has 4 nitrogen and oxygen atoms in total. The summed E-state index contributed by atoms with van der Waals surface area (Å²) in [5.74, 6) is 0. The minimum absolute atomic E-state index is 0.659. The van der Waals surface area contributed by atoms with Gasteiger partial charge < -0.3 is 9.13 Å². The molecule has 0 aliphatic rings. The molecule has 226 valence electrons. The van der Waals surface area contributed by atoms with Gasteiger partial charge in [0.25, 0.3) is 0 Å². The van der Waals surface area contributed by atoms with Crippen LogP contribution in [0.2, 0.25) is 0 Å². The molecule has 0 saturated carbocycles. The van der Waals surface area contributed by atoms with Crippen molar-refractivity contribution in [2.75, 3.05) is 0 Å². The molecule has 49 heavy (non-hydrogen) atoms. The molecule has 0 aliphatic heterocycles. The summed E-state index contributed by atoms with van der Waals surface area (Å²) in [6, 6.07) is 53.3. The molecule has 0 bridgehead atoms. The largest absolute Gasteiger partial charge is 0.309 e. The third kappa shape index (κ3) is 4.01. The van der Waals surface area contributed by atoms with Gasteiger partial charge in [-0.2, -0.15) is 5.26 Å². The number of aromatic nitrogens is 2. The highest BCUT2D eigenvalue weighted by Crippen LogP contribution is 2.44. The van der Waals surface area contributed by atoms with Crippen molar-refractivity contribution >= 4 is 80.8 Å². The van der Waals surface area contributed by atoms with E-state index < -0.39 is 0 Å². The Labute approximate surface area is 285 Å². The topological polar surface area (TPSA) is 38.0 Å². The molecule has 0 spiro atoms. The Kier molecular flexibility index (Phi) is 5.84. The SMILES string of the molecule is [C-]#[N+]c1ccc2sc3c(ccc4c5ccccc5n(-c5cccc(-c6cccc(-n7c8ccccc8c8cc(C#N)ccc87)c6)c5)c43)c2c1. The molecular formula is C44H24N4S. The molecule has 0 aliphatic carbocycles. The highest BCUT2D eigenvalue weighted by molar-refractivity contribution is 7.26. The zero-order chi connectivity index (χ0) is 32.6. The monoisotopic (exact) mass is 640 g/mol. The maximum Gasteiger partial charge on any atom is 0.187 e. The number of fused-ring (bicyclic) bond motifs is 10. The molecule has 0 N–H and O–H groups in total. The summed E-state index contributed by atoms with van der Waals surface area (Å²) in [5, 5.41) is 16.6. The van der Waals surface area contributed by atoms with Crippen molar-refractivity contribution in [3.63, 3.8) is 0 Å². The first kappa shape index (κ1) is 27.5. The second-order valence-corrected chi connectivity index (χ2v) is 13.4. The first-order valence-corrected chi connectivity index (χ1v) is 16.9. The summed E-state index contributed by atoms with van der Waals surface area (Å²) < 4.78 is 7.12. The van der Waals surface area contributed by atoms with E-state index in [1.165, 1.54) is 31.1 Å². The van der Waals surface area contributed by atoms with E-state index in [1.54, 1.807) is 11.3 Å². The van der Waals surface area contributed by atoms with Crippen molar-refractivity contribution in [1.82, 2.24) is 9.13 Å². The Morgan fingerprint density at radius 1 is 0.531 bits per heavy atom. The Morgan fingerprint density at radius 2 is 1.18 bits per heavy atom. The fourth-order valence-electron chi connectivity index (χ4n) is 7.58. The van der Waals surface area contributed by atoms with Gasteiger partial charge >= 0.3 is 0 Å². The van der Waals surface area contributed by atoms with Crippen molar-refractivity contribution < 1.29 is 0 Å². The summed E-state index contributed by atoms with van der Waals surface area (Å²) >= 11 is 1.80. The van der Waals surface area contributed by atoms with Gasteiger partial charge in [0.05, 0.1) is 45.0 Å². The van der Waals surface area contributed by atoms with Gasteiger partial charge in [0.15, 0.2) is 5.69 Å². The minimum Gasteiger partial charge on any atom is -0.309 e. The van der Waals surface area contributed by atoms with Crippen molar-refractivity contribution in [3.05, 3.63) is 163 Å². The Hall–Kier alpha value is -6.66. The average molecular weight is 641 g/mol. The third-order valence-corrected chi connectivity index (χ3v) is 10.9. The lowest BCUT2D eigenvalue weighted by Gasteiger charge is -2.13. The molecule has 0 radical (unpaired) electrons. The van der Waals surface area contributed by atoms with Crippen LogP contribution in [0.25, 0.3) is 91.1 Å². The quantitative estimate of drug-likeness (QED) is 0.177. The van der Waals surface area contributed by atoms with Crippen molar-refractivity contribution in [3.8, 4) is 28.6 Å². The zero-order valence-electron chi connectivity index (χ0n) is 26.1. The van der Waals surface area contributed by atoms with Crippen molar-refractivity contribution in [2.45, 2.75) is 0 Å². The van der Waals surface area contributed by atoms with Gasteiger partial charge in [-0.25, -0.2) is 4.85 Å². The molecule has 3 aromatic heterocycles. The molecule has 0 saturated heterocycles. The van der Waals surface area contributed by atoms with Gasteiger partial charge in [0, 0.05) is 43.0 Å². The summed E-state index contributed by atoms with van der Waals surface area (Å²) in [4.78, 5) is 3.70. The Morgan fingerprint density at radius 3 is 1.92 bits per heavy atom. The highest BCUT2D eigenvalue weighted by atomic mass is 32.1. The van der Waals surface area contributed by atoms with E-state index in [0.717, 1.165) is 55.2 Å². The number of nitriles is 1. The summed E-state index contributed by atoms with van der Waals surface area (Å²) in [6.07, 6.45) is 0. The molecule has 0 amide bonds. The lowest BCUT2D eigenvalue weighted by Crippen LogP contribution is -1.96. The van der Waals surface area contributed by atoms with Gasteiger partial charge in [-0.05, 0) is 77.2 Å². The maximum absolute atomic E-state index is 9.60. The molecule has 3 heterocycles. The second kappa shape index (κ2) is 10.4. The molecule has 7 aromatic carbocycles. The van der Waals surface area contributed by atoms with Crippen LogP contribution in [0.5, 0.6) is 0 Å². The average Bonchev–Trinajstić information content (AvgIpc) is 3.82. The lowest BCUT2D eigenvalue weighted by molar-refractivity contribution is 1.18. The summed E-state index contributed by atoms with van der Waals surface area (Å²) in [5.41, 5.74) is 10.3. The predicted molar refractivity (Wildman–Crippen MR) is 204 cm³/mol. The normalized spacial score (nSPS) is 11.6. The molecule has 5 heteroatoms. The minimum atomic E-state index is 0.659. The van der Waals surface area contributed by atoms with E-state index in [2.05, 4.69) is 141 Å². The number of thiophene rings is 1. The van der Waals surface area contributed by atoms with Crippen LogP contribution in [0.1, 0.15) is 5.56 Å². The van der Waals surface area contributed by atoms with Crippen LogP contribution >= 0.6 is 11.3 Å². The number of hydrogen-bond donors (Lipinski definition) is 0. The van der Waals surface area contributed by atoms with E-state index in [9.17, 15) is 5.26 Å². The Bertz CT molecular complexity index is 3090. The molecular weight excluding hydrogens is 617 g/mol. The fraction of sp³-hybridized carbons (Fsp3) is 0. The number of rotatable bonds is 3.